The SMILES string of the molecule is COC(=O)c1cc(OC)ccc1Nc1ccc(N(C)c2ccc(C34CC5CC(CC3C5)C4)cc2)cc1F. The van der Waals surface area contributed by atoms with Crippen molar-refractivity contribution in [1.29, 1.82) is 0 Å². The highest BCUT2D eigenvalue weighted by atomic mass is 19.1. The number of rotatable bonds is 7. The highest BCUT2D eigenvalue weighted by molar-refractivity contribution is 5.97. The second-order valence-electron chi connectivity index (χ2n) is 11.0. The van der Waals surface area contributed by atoms with Gasteiger partial charge in [-0.15, -0.1) is 0 Å². The average molecular weight is 501 g/mol. The van der Waals surface area contributed by atoms with Crippen LogP contribution in [0.3, 0.4) is 0 Å². The Morgan fingerprint density at radius 1 is 0.919 bits per heavy atom. The maximum atomic E-state index is 15.2. The third-order valence-corrected chi connectivity index (χ3v) is 9.06. The van der Waals surface area contributed by atoms with E-state index in [0.29, 0.717) is 16.9 Å². The van der Waals surface area contributed by atoms with Crippen molar-refractivity contribution in [3.05, 3.63) is 77.6 Å². The summed E-state index contributed by atoms with van der Waals surface area (Å²) in [5.74, 6) is 2.29. The third-order valence-electron chi connectivity index (χ3n) is 9.06. The molecule has 1 N–H and O–H groups in total. The van der Waals surface area contributed by atoms with E-state index in [1.807, 2.05) is 18.0 Å². The van der Waals surface area contributed by atoms with E-state index in [9.17, 15) is 4.79 Å². The average Bonchev–Trinajstić information content (AvgIpc) is 3.33. The largest absolute Gasteiger partial charge is 0.497 e. The zero-order chi connectivity index (χ0) is 25.7. The minimum absolute atomic E-state index is 0.270. The van der Waals surface area contributed by atoms with Crippen molar-refractivity contribution in [2.45, 2.75) is 37.5 Å². The first kappa shape index (κ1) is 23.8. The molecule has 6 heteroatoms. The molecule has 4 fully saturated rings. The van der Waals surface area contributed by atoms with Gasteiger partial charge in [0, 0.05) is 18.4 Å². The smallest absolute Gasteiger partial charge is 0.340 e. The number of nitrogens with one attached hydrogen (secondary N) is 1. The molecule has 0 saturated heterocycles. The van der Waals surface area contributed by atoms with E-state index < -0.39 is 11.8 Å². The minimum Gasteiger partial charge on any atom is -0.497 e. The standard InChI is InChI=1S/C31H33FN2O3/c1-34(23-6-4-21(5-7-23)31-17-19-12-20(18-31)14-22(31)13-19)24-8-10-29(27(32)15-24)33-28-11-9-25(36-2)16-26(28)30(35)37-3/h4-11,15-16,19-20,22,33H,12-14,17-18H2,1-3H3. The van der Waals surface area contributed by atoms with E-state index in [2.05, 4.69) is 29.6 Å². The van der Waals surface area contributed by atoms with Gasteiger partial charge in [-0.05, 0) is 109 Å². The molecule has 7 rings (SSSR count). The second kappa shape index (κ2) is 9.09. The van der Waals surface area contributed by atoms with Gasteiger partial charge < -0.3 is 19.7 Å². The Morgan fingerprint density at radius 2 is 1.59 bits per heavy atom. The molecule has 3 aromatic rings. The highest BCUT2D eigenvalue weighted by Crippen LogP contribution is 2.66. The number of anilines is 4. The first-order valence-electron chi connectivity index (χ1n) is 13.1. The molecule has 0 aromatic heterocycles. The molecule has 192 valence electrons. The predicted molar refractivity (Wildman–Crippen MR) is 144 cm³/mol. The van der Waals surface area contributed by atoms with Gasteiger partial charge in [-0.3, -0.25) is 0 Å². The van der Waals surface area contributed by atoms with E-state index in [1.54, 1.807) is 24.3 Å². The molecule has 0 radical (unpaired) electrons. The summed E-state index contributed by atoms with van der Waals surface area (Å²) in [5, 5.41) is 3.03. The molecule has 37 heavy (non-hydrogen) atoms. The Bertz CT molecular complexity index is 1320. The van der Waals surface area contributed by atoms with Gasteiger partial charge in [0.1, 0.15) is 11.6 Å². The molecule has 2 atom stereocenters. The predicted octanol–water partition coefficient (Wildman–Crippen LogP) is 7.21. The van der Waals surface area contributed by atoms with Gasteiger partial charge in [0.25, 0.3) is 0 Å². The van der Waals surface area contributed by atoms with Crippen LogP contribution in [0, 0.1) is 23.6 Å². The number of halogens is 1. The highest BCUT2D eigenvalue weighted by Gasteiger charge is 2.58. The first-order valence-corrected chi connectivity index (χ1v) is 13.1. The Labute approximate surface area is 217 Å². The van der Waals surface area contributed by atoms with Gasteiger partial charge >= 0.3 is 5.97 Å². The van der Waals surface area contributed by atoms with Crippen LogP contribution >= 0.6 is 0 Å². The van der Waals surface area contributed by atoms with Crippen LogP contribution in [0.2, 0.25) is 0 Å². The summed E-state index contributed by atoms with van der Waals surface area (Å²) >= 11 is 0. The molecule has 0 aliphatic heterocycles. The number of hydrogen-bond donors (Lipinski definition) is 1. The number of ether oxygens (including phenoxy) is 2. The van der Waals surface area contributed by atoms with Crippen LogP contribution in [0.1, 0.15) is 48.0 Å². The number of hydrogen-bond acceptors (Lipinski definition) is 5. The lowest BCUT2D eigenvalue weighted by molar-refractivity contribution is 0.0601. The molecule has 2 unspecified atom stereocenters. The molecular weight excluding hydrogens is 467 g/mol. The van der Waals surface area contributed by atoms with E-state index >= 15 is 4.39 Å². The molecule has 5 nitrogen and oxygen atoms in total. The third kappa shape index (κ3) is 4.03. The van der Waals surface area contributed by atoms with Crippen LogP contribution in [-0.2, 0) is 10.2 Å². The van der Waals surface area contributed by atoms with Crippen molar-refractivity contribution in [3.63, 3.8) is 0 Å². The first-order chi connectivity index (χ1) is 17.9. The van der Waals surface area contributed by atoms with E-state index in [-0.39, 0.29) is 11.3 Å². The summed E-state index contributed by atoms with van der Waals surface area (Å²) in [6.45, 7) is 0. The molecule has 4 saturated carbocycles. The molecule has 0 spiro atoms. The Balaban J connectivity index is 1.21. The monoisotopic (exact) mass is 500 g/mol. The molecule has 4 aliphatic rings. The van der Waals surface area contributed by atoms with Gasteiger partial charge in [0.05, 0.1) is 31.2 Å². The van der Waals surface area contributed by atoms with Crippen LogP contribution in [0.4, 0.5) is 27.1 Å². The summed E-state index contributed by atoms with van der Waals surface area (Å²) in [4.78, 5) is 14.2. The molecule has 4 bridgehead atoms. The Kier molecular flexibility index (Phi) is 5.85. The van der Waals surface area contributed by atoms with Crippen LogP contribution in [0.25, 0.3) is 0 Å². The van der Waals surface area contributed by atoms with E-state index in [1.165, 1.54) is 58.0 Å². The van der Waals surface area contributed by atoms with Gasteiger partial charge in [0.2, 0.25) is 0 Å². The molecule has 3 aromatic carbocycles. The second-order valence-corrected chi connectivity index (χ2v) is 11.0. The summed E-state index contributed by atoms with van der Waals surface area (Å²) in [6.07, 6.45) is 6.98. The number of esters is 1. The minimum atomic E-state index is -0.528. The van der Waals surface area contributed by atoms with Crippen molar-refractivity contribution >= 4 is 28.7 Å². The number of methoxy groups -OCH3 is 2. The summed E-state index contributed by atoms with van der Waals surface area (Å²) in [6, 6.07) is 19.0. The Hall–Kier alpha value is -3.54. The van der Waals surface area contributed by atoms with Crippen LogP contribution in [-0.4, -0.2) is 27.2 Å². The van der Waals surface area contributed by atoms with E-state index in [4.69, 9.17) is 9.47 Å². The lowest BCUT2D eigenvalue weighted by Crippen LogP contribution is -2.27. The molecule has 4 aliphatic carbocycles. The lowest BCUT2D eigenvalue weighted by Gasteiger charge is -2.34. The maximum Gasteiger partial charge on any atom is 0.340 e. The number of carbonyl (C=O) groups excluding carboxylic acids is 1. The van der Waals surface area contributed by atoms with Crippen LogP contribution < -0.4 is 15.0 Å². The van der Waals surface area contributed by atoms with Gasteiger partial charge in [-0.25, -0.2) is 9.18 Å². The topological polar surface area (TPSA) is 50.8 Å². The Morgan fingerprint density at radius 3 is 2.24 bits per heavy atom. The summed E-state index contributed by atoms with van der Waals surface area (Å²) < 4.78 is 25.3. The number of benzene rings is 3. The fraction of sp³-hybridized carbons (Fsp3) is 0.387. The van der Waals surface area contributed by atoms with E-state index in [0.717, 1.165) is 29.1 Å². The van der Waals surface area contributed by atoms with Crippen molar-refractivity contribution in [3.8, 4) is 5.75 Å². The molecular formula is C31H33FN2O3. The fourth-order valence-corrected chi connectivity index (χ4v) is 7.43. The van der Waals surface area contributed by atoms with Crippen molar-refractivity contribution < 1.29 is 18.7 Å². The number of nitrogens with zero attached hydrogens (tertiary/aromatic N) is 1. The van der Waals surface area contributed by atoms with Crippen LogP contribution in [0.5, 0.6) is 5.75 Å². The molecule has 0 amide bonds. The zero-order valence-corrected chi connectivity index (χ0v) is 21.6. The normalized spacial score (nSPS) is 25.2. The van der Waals surface area contributed by atoms with Crippen LogP contribution in [0.15, 0.2) is 60.7 Å². The van der Waals surface area contributed by atoms with Gasteiger partial charge in [0.15, 0.2) is 0 Å². The zero-order valence-electron chi connectivity index (χ0n) is 21.6. The summed E-state index contributed by atoms with van der Waals surface area (Å²) in [5.41, 5.74) is 4.65. The summed E-state index contributed by atoms with van der Waals surface area (Å²) in [7, 11) is 4.79. The van der Waals surface area contributed by atoms with Crippen molar-refractivity contribution in [2.75, 3.05) is 31.5 Å². The molecule has 0 heterocycles. The quantitative estimate of drug-likeness (QED) is 0.347. The van der Waals surface area contributed by atoms with Crippen molar-refractivity contribution in [2.24, 2.45) is 17.8 Å². The van der Waals surface area contributed by atoms with Gasteiger partial charge in [-0.1, -0.05) is 12.1 Å². The van der Waals surface area contributed by atoms with Crippen molar-refractivity contribution in [1.82, 2.24) is 0 Å². The maximum absolute atomic E-state index is 15.2. The number of carbonyl (C=O) groups is 1. The lowest BCUT2D eigenvalue weighted by atomic mass is 9.71. The van der Waals surface area contributed by atoms with Gasteiger partial charge in [-0.2, -0.15) is 0 Å². The fourth-order valence-electron chi connectivity index (χ4n) is 7.43.